The quantitative estimate of drug-likeness (QED) is 0.778. The van der Waals surface area contributed by atoms with Gasteiger partial charge in [-0.15, -0.1) is 0 Å². The minimum atomic E-state index is -0.491. The number of nitrogens with zero attached hydrogens (tertiary/aromatic N) is 1. The van der Waals surface area contributed by atoms with Gasteiger partial charge in [-0.1, -0.05) is 17.7 Å². The molecule has 3 rings (SSSR count). The molecule has 1 amide bonds. The molecule has 2 N–H and O–H groups in total. The lowest BCUT2D eigenvalue weighted by Gasteiger charge is -1.94. The Hall–Kier alpha value is -2.33. The van der Waals surface area contributed by atoms with Crippen LogP contribution in [0.25, 0.3) is 22.6 Å². The Labute approximate surface area is 113 Å². The summed E-state index contributed by atoms with van der Waals surface area (Å²) in [5.41, 5.74) is 7.60. The van der Waals surface area contributed by atoms with Gasteiger partial charge in [-0.2, -0.15) is 0 Å². The van der Waals surface area contributed by atoms with E-state index in [0.29, 0.717) is 27.6 Å². The van der Waals surface area contributed by atoms with Crippen molar-refractivity contribution in [1.29, 1.82) is 0 Å². The van der Waals surface area contributed by atoms with Crippen LogP contribution in [0, 0.1) is 0 Å². The van der Waals surface area contributed by atoms with E-state index in [2.05, 4.69) is 4.98 Å². The molecule has 0 saturated heterocycles. The van der Waals surface area contributed by atoms with Crippen molar-refractivity contribution in [2.24, 2.45) is 5.73 Å². The first-order valence-corrected chi connectivity index (χ1v) is 5.97. The summed E-state index contributed by atoms with van der Waals surface area (Å²) < 4.78 is 5.62. The highest BCUT2D eigenvalue weighted by molar-refractivity contribution is 6.30. The summed E-state index contributed by atoms with van der Waals surface area (Å²) in [6.07, 6.45) is 0. The zero-order valence-electron chi connectivity index (χ0n) is 9.76. The molecule has 5 heteroatoms. The van der Waals surface area contributed by atoms with E-state index in [4.69, 9.17) is 21.8 Å². The number of oxazole rings is 1. The van der Waals surface area contributed by atoms with Crippen LogP contribution < -0.4 is 5.73 Å². The molecule has 19 heavy (non-hydrogen) atoms. The molecule has 3 aromatic rings. The predicted molar refractivity (Wildman–Crippen MR) is 73.0 cm³/mol. The predicted octanol–water partition coefficient (Wildman–Crippen LogP) is 3.25. The summed E-state index contributed by atoms with van der Waals surface area (Å²) in [6.45, 7) is 0. The molecular weight excluding hydrogens is 264 g/mol. The van der Waals surface area contributed by atoms with Crippen LogP contribution in [-0.4, -0.2) is 10.9 Å². The Balaban J connectivity index is 2.14. The number of carbonyl (C=O) groups is 1. The molecule has 0 aliphatic rings. The van der Waals surface area contributed by atoms with Gasteiger partial charge in [0.1, 0.15) is 5.52 Å². The van der Waals surface area contributed by atoms with E-state index in [0.717, 1.165) is 5.56 Å². The van der Waals surface area contributed by atoms with Gasteiger partial charge in [0.15, 0.2) is 5.58 Å². The zero-order chi connectivity index (χ0) is 13.4. The fourth-order valence-electron chi connectivity index (χ4n) is 1.83. The van der Waals surface area contributed by atoms with Crippen LogP contribution in [0.2, 0.25) is 5.02 Å². The first-order chi connectivity index (χ1) is 9.13. The summed E-state index contributed by atoms with van der Waals surface area (Å²) in [4.78, 5) is 15.4. The number of fused-ring (bicyclic) bond motifs is 1. The number of halogens is 1. The lowest BCUT2D eigenvalue weighted by atomic mass is 10.2. The second-order valence-electron chi connectivity index (χ2n) is 4.08. The van der Waals surface area contributed by atoms with Gasteiger partial charge in [-0.05, 0) is 36.4 Å². The third-order valence-corrected chi connectivity index (χ3v) is 2.98. The molecule has 0 aliphatic carbocycles. The van der Waals surface area contributed by atoms with Crippen LogP contribution >= 0.6 is 11.6 Å². The molecule has 0 fully saturated rings. The highest BCUT2D eigenvalue weighted by atomic mass is 35.5. The number of nitrogens with two attached hydrogens (primary N) is 1. The molecule has 0 spiro atoms. The zero-order valence-corrected chi connectivity index (χ0v) is 10.5. The number of hydrogen-bond donors (Lipinski definition) is 1. The Morgan fingerprint density at radius 1 is 1.21 bits per heavy atom. The van der Waals surface area contributed by atoms with E-state index in [1.807, 2.05) is 12.1 Å². The van der Waals surface area contributed by atoms with Gasteiger partial charge in [-0.25, -0.2) is 4.98 Å². The van der Waals surface area contributed by atoms with Crippen molar-refractivity contribution in [3.8, 4) is 11.5 Å². The summed E-state index contributed by atoms with van der Waals surface area (Å²) in [6, 6.07) is 12.1. The smallest absolute Gasteiger partial charge is 0.248 e. The van der Waals surface area contributed by atoms with Gasteiger partial charge < -0.3 is 10.2 Å². The Morgan fingerprint density at radius 3 is 2.79 bits per heavy atom. The maximum Gasteiger partial charge on any atom is 0.248 e. The fraction of sp³-hybridized carbons (Fsp3) is 0. The second-order valence-corrected chi connectivity index (χ2v) is 4.51. The number of amides is 1. The first kappa shape index (κ1) is 11.7. The van der Waals surface area contributed by atoms with Crippen molar-refractivity contribution >= 4 is 28.6 Å². The Kier molecular flexibility index (Phi) is 2.72. The second kappa shape index (κ2) is 4.40. The first-order valence-electron chi connectivity index (χ1n) is 5.60. The Bertz CT molecular complexity index is 780. The van der Waals surface area contributed by atoms with Crippen LogP contribution in [-0.2, 0) is 0 Å². The molecule has 1 aromatic heterocycles. The lowest BCUT2D eigenvalue weighted by molar-refractivity contribution is 0.100. The van der Waals surface area contributed by atoms with Gasteiger partial charge in [0.2, 0.25) is 11.8 Å². The molecule has 1 heterocycles. The summed E-state index contributed by atoms with van der Waals surface area (Å²) in [7, 11) is 0. The number of aromatic nitrogens is 1. The maximum absolute atomic E-state index is 11.1. The number of carbonyl (C=O) groups excluding carboxylic acids is 1. The average molecular weight is 273 g/mol. The van der Waals surface area contributed by atoms with Crippen LogP contribution in [0.15, 0.2) is 46.9 Å². The van der Waals surface area contributed by atoms with Crippen LogP contribution in [0.4, 0.5) is 0 Å². The van der Waals surface area contributed by atoms with E-state index in [9.17, 15) is 4.79 Å². The standard InChI is InChI=1S/C14H9ClN2O2/c15-10-3-1-2-9(6-10)14-17-11-7-8(13(16)18)4-5-12(11)19-14/h1-7H,(H2,16,18). The third-order valence-electron chi connectivity index (χ3n) is 2.74. The summed E-state index contributed by atoms with van der Waals surface area (Å²) in [5, 5.41) is 0.609. The van der Waals surface area contributed by atoms with Crippen molar-refractivity contribution in [2.45, 2.75) is 0 Å². The number of hydrogen-bond acceptors (Lipinski definition) is 3. The molecule has 0 aliphatic heterocycles. The maximum atomic E-state index is 11.1. The molecule has 0 bridgehead atoms. The van der Waals surface area contributed by atoms with Crippen molar-refractivity contribution < 1.29 is 9.21 Å². The molecule has 94 valence electrons. The van der Waals surface area contributed by atoms with Crippen molar-refractivity contribution in [1.82, 2.24) is 4.98 Å². The molecule has 4 nitrogen and oxygen atoms in total. The average Bonchev–Trinajstić information content (AvgIpc) is 2.81. The van der Waals surface area contributed by atoms with E-state index in [-0.39, 0.29) is 0 Å². The molecule has 0 atom stereocenters. The highest BCUT2D eigenvalue weighted by Crippen LogP contribution is 2.26. The van der Waals surface area contributed by atoms with Crippen molar-refractivity contribution in [3.05, 3.63) is 53.1 Å². The van der Waals surface area contributed by atoms with E-state index in [1.165, 1.54) is 0 Å². The van der Waals surface area contributed by atoms with E-state index >= 15 is 0 Å². The van der Waals surface area contributed by atoms with Gasteiger partial charge in [-0.3, -0.25) is 4.79 Å². The van der Waals surface area contributed by atoms with Gasteiger partial charge in [0.25, 0.3) is 0 Å². The molecular formula is C14H9ClN2O2. The van der Waals surface area contributed by atoms with Crippen LogP contribution in [0.5, 0.6) is 0 Å². The summed E-state index contributed by atoms with van der Waals surface area (Å²) >= 11 is 5.93. The number of rotatable bonds is 2. The molecule has 2 aromatic carbocycles. The topological polar surface area (TPSA) is 69.1 Å². The van der Waals surface area contributed by atoms with Crippen molar-refractivity contribution in [2.75, 3.05) is 0 Å². The van der Waals surface area contributed by atoms with E-state index < -0.39 is 5.91 Å². The lowest BCUT2D eigenvalue weighted by Crippen LogP contribution is -2.10. The van der Waals surface area contributed by atoms with Gasteiger partial charge in [0.05, 0.1) is 0 Å². The molecule has 0 radical (unpaired) electrons. The molecule has 0 saturated carbocycles. The monoisotopic (exact) mass is 272 g/mol. The number of benzene rings is 2. The normalized spacial score (nSPS) is 10.8. The minimum absolute atomic E-state index is 0.401. The van der Waals surface area contributed by atoms with Crippen LogP contribution in [0.1, 0.15) is 10.4 Å². The van der Waals surface area contributed by atoms with E-state index in [1.54, 1.807) is 30.3 Å². The van der Waals surface area contributed by atoms with Gasteiger partial charge in [0, 0.05) is 16.1 Å². The number of primary amides is 1. The van der Waals surface area contributed by atoms with Gasteiger partial charge >= 0.3 is 0 Å². The molecule has 0 unspecified atom stereocenters. The third kappa shape index (κ3) is 2.18. The summed E-state index contributed by atoms with van der Waals surface area (Å²) in [5.74, 6) is -0.0340. The Morgan fingerprint density at radius 2 is 2.05 bits per heavy atom. The largest absolute Gasteiger partial charge is 0.436 e. The van der Waals surface area contributed by atoms with Crippen LogP contribution in [0.3, 0.4) is 0 Å². The fourth-order valence-corrected chi connectivity index (χ4v) is 2.02. The van der Waals surface area contributed by atoms with Crippen molar-refractivity contribution in [3.63, 3.8) is 0 Å². The SMILES string of the molecule is NC(=O)c1ccc2oc(-c3cccc(Cl)c3)nc2c1. The minimum Gasteiger partial charge on any atom is -0.436 e. The highest BCUT2D eigenvalue weighted by Gasteiger charge is 2.10.